The predicted molar refractivity (Wildman–Crippen MR) is 121 cm³/mol. The Kier molecular flexibility index (Phi) is 6.17. The number of amides is 2. The third-order valence-corrected chi connectivity index (χ3v) is 5.23. The van der Waals surface area contributed by atoms with Crippen LogP contribution in [0.2, 0.25) is 0 Å². The summed E-state index contributed by atoms with van der Waals surface area (Å²) in [6, 6.07) is 23.5. The molecule has 1 aliphatic rings. The van der Waals surface area contributed by atoms with E-state index in [1.54, 1.807) is 56.8 Å². The lowest BCUT2D eigenvalue weighted by Crippen LogP contribution is -2.33. The van der Waals surface area contributed by atoms with Crippen LogP contribution in [0, 0.1) is 0 Å². The predicted octanol–water partition coefficient (Wildman–Crippen LogP) is 3.72. The summed E-state index contributed by atoms with van der Waals surface area (Å²) in [5.74, 6) is 0.921. The van der Waals surface area contributed by atoms with Crippen molar-refractivity contribution in [1.82, 2.24) is 9.91 Å². The van der Waals surface area contributed by atoms with E-state index in [4.69, 9.17) is 9.47 Å². The van der Waals surface area contributed by atoms with Gasteiger partial charge in [0.2, 0.25) is 0 Å². The zero-order valence-electron chi connectivity index (χ0n) is 17.8. The van der Waals surface area contributed by atoms with Gasteiger partial charge in [0.25, 0.3) is 11.8 Å². The average Bonchev–Trinajstić information content (AvgIpc) is 3.19. The Morgan fingerprint density at radius 2 is 1.50 bits per heavy atom. The van der Waals surface area contributed by atoms with Gasteiger partial charge in [0.15, 0.2) is 6.17 Å². The molecule has 1 saturated heterocycles. The van der Waals surface area contributed by atoms with Crippen LogP contribution in [0.3, 0.4) is 0 Å². The molecule has 1 aliphatic heterocycles. The number of hydrazone groups is 1. The third kappa shape index (κ3) is 4.32. The molecule has 0 bridgehead atoms. The minimum Gasteiger partial charge on any atom is -0.497 e. The van der Waals surface area contributed by atoms with Crippen LogP contribution in [0.15, 0.2) is 84.0 Å². The summed E-state index contributed by atoms with van der Waals surface area (Å²) >= 11 is 0. The van der Waals surface area contributed by atoms with Gasteiger partial charge in [0.1, 0.15) is 18.0 Å². The summed E-state index contributed by atoms with van der Waals surface area (Å²) in [6.07, 6.45) is 0.931. The van der Waals surface area contributed by atoms with Crippen molar-refractivity contribution in [3.8, 4) is 11.5 Å². The molecule has 0 aromatic heterocycles. The minimum absolute atomic E-state index is 0.0651. The highest BCUT2D eigenvalue weighted by atomic mass is 16.5. The lowest BCUT2D eigenvalue weighted by molar-refractivity contribution is -0.128. The zero-order valence-corrected chi connectivity index (χ0v) is 17.8. The van der Waals surface area contributed by atoms with Gasteiger partial charge < -0.3 is 14.4 Å². The molecule has 162 valence electrons. The van der Waals surface area contributed by atoms with Gasteiger partial charge >= 0.3 is 0 Å². The number of ether oxygens (including phenoxy) is 2. The van der Waals surface area contributed by atoms with Gasteiger partial charge in [-0.2, -0.15) is 5.10 Å². The van der Waals surface area contributed by atoms with E-state index in [1.165, 1.54) is 9.91 Å². The van der Waals surface area contributed by atoms with Crippen molar-refractivity contribution in [2.45, 2.75) is 6.17 Å². The minimum atomic E-state index is -0.671. The number of methoxy groups -OCH3 is 2. The highest BCUT2D eigenvalue weighted by molar-refractivity contribution is 5.98. The fraction of sp³-hybridized carbons (Fsp3) is 0.160. The van der Waals surface area contributed by atoms with Gasteiger partial charge in [-0.25, -0.2) is 5.01 Å². The van der Waals surface area contributed by atoms with Crippen LogP contribution in [0.4, 0.5) is 0 Å². The molecule has 7 heteroatoms. The van der Waals surface area contributed by atoms with Crippen LogP contribution < -0.4 is 9.47 Å². The van der Waals surface area contributed by atoms with Gasteiger partial charge in [-0.05, 0) is 59.7 Å². The molecule has 0 aliphatic carbocycles. The maximum absolute atomic E-state index is 13.2. The normalized spacial score (nSPS) is 15.9. The Morgan fingerprint density at radius 1 is 0.906 bits per heavy atom. The number of hydrogen-bond donors (Lipinski definition) is 0. The standard InChI is InChI=1S/C25H23N3O4/c1-31-21-12-8-18(9-13-21)16-26-28-23(29)17-27(25(30)20-6-4-3-5-7-20)24(28)19-10-14-22(32-2)15-11-19/h3-16,24H,17H2,1-2H3/b26-16+. The van der Waals surface area contributed by atoms with Crippen LogP contribution in [-0.2, 0) is 4.79 Å². The summed E-state index contributed by atoms with van der Waals surface area (Å²) in [7, 11) is 3.19. The highest BCUT2D eigenvalue weighted by Crippen LogP contribution is 2.33. The second-order valence-electron chi connectivity index (χ2n) is 7.20. The van der Waals surface area contributed by atoms with Crippen LogP contribution in [0.1, 0.15) is 27.7 Å². The van der Waals surface area contributed by atoms with E-state index in [0.717, 1.165) is 16.9 Å². The first-order valence-electron chi connectivity index (χ1n) is 10.1. The summed E-state index contributed by atoms with van der Waals surface area (Å²) in [5, 5.41) is 5.80. The molecule has 0 saturated carbocycles. The zero-order chi connectivity index (χ0) is 22.5. The Hall–Kier alpha value is -4.13. The molecule has 1 heterocycles. The maximum Gasteiger partial charge on any atom is 0.264 e. The van der Waals surface area contributed by atoms with Crippen molar-refractivity contribution in [3.63, 3.8) is 0 Å². The third-order valence-electron chi connectivity index (χ3n) is 5.23. The molecule has 1 fully saturated rings. The van der Waals surface area contributed by atoms with E-state index < -0.39 is 6.17 Å². The fourth-order valence-corrected chi connectivity index (χ4v) is 3.55. The molecule has 1 atom stereocenters. The molecule has 3 aromatic rings. The Bertz CT molecular complexity index is 1110. The van der Waals surface area contributed by atoms with E-state index in [0.29, 0.717) is 11.3 Å². The van der Waals surface area contributed by atoms with E-state index in [-0.39, 0.29) is 18.4 Å². The Balaban J connectivity index is 1.68. The van der Waals surface area contributed by atoms with Gasteiger partial charge in [0, 0.05) is 5.56 Å². The first-order valence-corrected chi connectivity index (χ1v) is 10.1. The van der Waals surface area contributed by atoms with Crippen molar-refractivity contribution < 1.29 is 19.1 Å². The van der Waals surface area contributed by atoms with Crippen LogP contribution in [-0.4, -0.2) is 48.7 Å². The smallest absolute Gasteiger partial charge is 0.264 e. The molecule has 7 nitrogen and oxygen atoms in total. The van der Waals surface area contributed by atoms with Crippen molar-refractivity contribution in [2.24, 2.45) is 5.10 Å². The molecule has 2 amide bonds. The molecule has 1 unspecified atom stereocenters. The van der Waals surface area contributed by atoms with Gasteiger partial charge in [-0.1, -0.05) is 30.3 Å². The maximum atomic E-state index is 13.2. The van der Waals surface area contributed by atoms with Gasteiger partial charge in [-0.3, -0.25) is 9.59 Å². The van der Waals surface area contributed by atoms with Crippen molar-refractivity contribution >= 4 is 18.0 Å². The largest absolute Gasteiger partial charge is 0.497 e. The molecular weight excluding hydrogens is 406 g/mol. The van der Waals surface area contributed by atoms with E-state index in [9.17, 15) is 9.59 Å². The SMILES string of the molecule is COc1ccc(/C=N/N2C(=O)CN(C(=O)c3ccccc3)C2c2ccc(OC)cc2)cc1. The lowest BCUT2D eigenvalue weighted by Gasteiger charge is -2.27. The number of carbonyl (C=O) groups excluding carboxylic acids is 2. The molecule has 0 N–H and O–H groups in total. The summed E-state index contributed by atoms with van der Waals surface area (Å²) in [6.45, 7) is -0.0651. The van der Waals surface area contributed by atoms with Crippen LogP contribution in [0.5, 0.6) is 11.5 Å². The Labute approximate surface area is 186 Å². The molecule has 3 aromatic carbocycles. The molecule has 4 rings (SSSR count). The van der Waals surface area contributed by atoms with Crippen LogP contribution in [0.25, 0.3) is 0 Å². The molecular formula is C25H23N3O4. The van der Waals surface area contributed by atoms with E-state index >= 15 is 0 Å². The highest BCUT2D eigenvalue weighted by Gasteiger charge is 2.42. The lowest BCUT2D eigenvalue weighted by atomic mass is 10.1. The Morgan fingerprint density at radius 3 is 2.09 bits per heavy atom. The molecule has 0 radical (unpaired) electrons. The first kappa shape index (κ1) is 21.1. The molecule has 32 heavy (non-hydrogen) atoms. The quantitative estimate of drug-likeness (QED) is 0.560. The van der Waals surface area contributed by atoms with Crippen LogP contribution >= 0.6 is 0 Å². The number of benzene rings is 3. The monoisotopic (exact) mass is 429 g/mol. The fourth-order valence-electron chi connectivity index (χ4n) is 3.55. The number of nitrogens with zero attached hydrogens (tertiary/aromatic N) is 3. The average molecular weight is 429 g/mol. The van der Waals surface area contributed by atoms with Gasteiger partial charge in [-0.15, -0.1) is 0 Å². The second-order valence-corrected chi connectivity index (χ2v) is 7.20. The summed E-state index contributed by atoms with van der Waals surface area (Å²) in [5.41, 5.74) is 2.08. The van der Waals surface area contributed by atoms with Gasteiger partial charge in [0.05, 0.1) is 20.4 Å². The summed E-state index contributed by atoms with van der Waals surface area (Å²) in [4.78, 5) is 27.7. The first-order chi connectivity index (χ1) is 15.6. The number of hydrogen-bond acceptors (Lipinski definition) is 5. The van der Waals surface area contributed by atoms with Crippen molar-refractivity contribution in [1.29, 1.82) is 0 Å². The topological polar surface area (TPSA) is 71.4 Å². The number of rotatable bonds is 6. The van der Waals surface area contributed by atoms with Crippen molar-refractivity contribution in [2.75, 3.05) is 20.8 Å². The number of carbonyl (C=O) groups is 2. The van der Waals surface area contributed by atoms with Crippen molar-refractivity contribution in [3.05, 3.63) is 95.6 Å². The molecule has 0 spiro atoms. The second kappa shape index (κ2) is 9.34. The van der Waals surface area contributed by atoms with E-state index in [1.807, 2.05) is 42.5 Å². The van der Waals surface area contributed by atoms with E-state index in [2.05, 4.69) is 5.10 Å². The summed E-state index contributed by atoms with van der Waals surface area (Å²) < 4.78 is 10.4.